The van der Waals surface area contributed by atoms with Gasteiger partial charge in [-0.05, 0) is 12.8 Å². The van der Waals surface area contributed by atoms with E-state index in [2.05, 4.69) is 10.2 Å². The van der Waals surface area contributed by atoms with Gasteiger partial charge in [-0.1, -0.05) is 38.5 Å². The standard InChI is InChI=1S/C12H22N4O2S/c1-2-16-11(14-15-12(16)19(13,17)18)9-10-7-5-3-4-6-8-10/h10H,2-9H2,1H3,(H2,13,17,18). The molecule has 0 atom stereocenters. The lowest BCUT2D eigenvalue weighted by atomic mass is 9.96. The van der Waals surface area contributed by atoms with Gasteiger partial charge in [0.1, 0.15) is 5.82 Å². The Hall–Kier alpha value is -0.950. The number of aromatic nitrogens is 3. The molecule has 1 aromatic heterocycles. The van der Waals surface area contributed by atoms with Crippen LogP contribution in [0.1, 0.15) is 51.3 Å². The predicted octanol–water partition coefficient (Wildman–Crippen LogP) is 1.46. The maximum Gasteiger partial charge on any atom is 0.273 e. The van der Waals surface area contributed by atoms with E-state index in [1.807, 2.05) is 6.92 Å². The molecule has 1 fully saturated rings. The number of primary sulfonamides is 1. The number of nitrogens with zero attached hydrogens (tertiary/aromatic N) is 3. The van der Waals surface area contributed by atoms with Gasteiger partial charge in [-0.25, -0.2) is 13.6 Å². The molecule has 7 heteroatoms. The molecule has 1 saturated carbocycles. The molecule has 2 rings (SSSR count). The molecule has 0 radical (unpaired) electrons. The van der Waals surface area contributed by atoms with Gasteiger partial charge in [0.15, 0.2) is 0 Å². The summed E-state index contributed by atoms with van der Waals surface area (Å²) in [7, 11) is -3.78. The highest BCUT2D eigenvalue weighted by molar-refractivity contribution is 7.89. The SMILES string of the molecule is CCn1c(CC2CCCCCC2)nnc1S(N)(=O)=O. The van der Waals surface area contributed by atoms with E-state index in [4.69, 9.17) is 5.14 Å². The average molecular weight is 286 g/mol. The van der Waals surface area contributed by atoms with Gasteiger partial charge in [-0.2, -0.15) is 0 Å². The first-order chi connectivity index (χ1) is 9.02. The zero-order valence-electron chi connectivity index (χ0n) is 11.4. The van der Waals surface area contributed by atoms with E-state index in [0.717, 1.165) is 12.2 Å². The summed E-state index contributed by atoms with van der Waals surface area (Å²) in [6.07, 6.45) is 8.32. The molecular weight excluding hydrogens is 264 g/mol. The summed E-state index contributed by atoms with van der Waals surface area (Å²) in [6, 6.07) is 0. The molecular formula is C12H22N4O2S. The van der Waals surface area contributed by atoms with Crippen LogP contribution in [0.2, 0.25) is 0 Å². The molecule has 1 aromatic rings. The first kappa shape index (κ1) is 14.5. The van der Waals surface area contributed by atoms with Crippen molar-refractivity contribution in [3.05, 3.63) is 5.82 Å². The van der Waals surface area contributed by atoms with Crippen LogP contribution in [0.5, 0.6) is 0 Å². The molecule has 1 aliphatic rings. The second kappa shape index (κ2) is 6.00. The van der Waals surface area contributed by atoms with Crippen LogP contribution in [0, 0.1) is 5.92 Å². The third kappa shape index (κ3) is 3.54. The molecule has 0 amide bonds. The van der Waals surface area contributed by atoms with Crippen molar-refractivity contribution in [3.63, 3.8) is 0 Å². The molecule has 6 nitrogen and oxygen atoms in total. The zero-order valence-corrected chi connectivity index (χ0v) is 12.2. The minimum absolute atomic E-state index is 0.112. The summed E-state index contributed by atoms with van der Waals surface area (Å²) in [5, 5.41) is 12.8. The highest BCUT2D eigenvalue weighted by Crippen LogP contribution is 2.26. The number of nitrogens with two attached hydrogens (primary N) is 1. The molecule has 0 aliphatic heterocycles. The van der Waals surface area contributed by atoms with Gasteiger partial charge in [0.2, 0.25) is 0 Å². The molecule has 0 saturated heterocycles. The van der Waals surface area contributed by atoms with Crippen LogP contribution in [-0.2, 0) is 23.0 Å². The van der Waals surface area contributed by atoms with E-state index < -0.39 is 10.0 Å². The van der Waals surface area contributed by atoms with Crippen molar-refractivity contribution < 1.29 is 8.42 Å². The normalized spacial score (nSPS) is 18.4. The largest absolute Gasteiger partial charge is 0.301 e. The van der Waals surface area contributed by atoms with Gasteiger partial charge in [0.05, 0.1) is 0 Å². The van der Waals surface area contributed by atoms with Gasteiger partial charge in [0, 0.05) is 13.0 Å². The summed E-state index contributed by atoms with van der Waals surface area (Å²) in [5.41, 5.74) is 0. The minimum Gasteiger partial charge on any atom is -0.301 e. The van der Waals surface area contributed by atoms with Gasteiger partial charge in [-0.3, -0.25) is 0 Å². The van der Waals surface area contributed by atoms with E-state index in [9.17, 15) is 8.42 Å². The Kier molecular flexibility index (Phi) is 4.57. The third-order valence-electron chi connectivity index (χ3n) is 3.81. The van der Waals surface area contributed by atoms with E-state index in [-0.39, 0.29) is 5.16 Å². The van der Waals surface area contributed by atoms with Crippen molar-refractivity contribution in [2.24, 2.45) is 11.1 Å². The lowest BCUT2D eigenvalue weighted by Crippen LogP contribution is -2.19. The number of hydrogen-bond acceptors (Lipinski definition) is 4. The molecule has 19 heavy (non-hydrogen) atoms. The quantitative estimate of drug-likeness (QED) is 0.848. The average Bonchev–Trinajstić information content (AvgIpc) is 2.57. The van der Waals surface area contributed by atoms with Gasteiger partial charge in [0.25, 0.3) is 15.2 Å². The van der Waals surface area contributed by atoms with Gasteiger partial charge >= 0.3 is 0 Å². The summed E-state index contributed by atoms with van der Waals surface area (Å²) >= 11 is 0. The van der Waals surface area contributed by atoms with Crippen molar-refractivity contribution in [2.75, 3.05) is 0 Å². The lowest BCUT2D eigenvalue weighted by Gasteiger charge is -2.14. The summed E-state index contributed by atoms with van der Waals surface area (Å²) in [6.45, 7) is 2.41. The van der Waals surface area contributed by atoms with E-state index in [0.29, 0.717) is 12.5 Å². The van der Waals surface area contributed by atoms with Crippen LogP contribution in [0.15, 0.2) is 5.16 Å². The number of hydrogen-bond donors (Lipinski definition) is 1. The molecule has 0 spiro atoms. The summed E-state index contributed by atoms with van der Waals surface area (Å²) in [5.74, 6) is 1.34. The van der Waals surface area contributed by atoms with Crippen molar-refractivity contribution in [3.8, 4) is 0 Å². The minimum atomic E-state index is -3.78. The number of sulfonamides is 1. The topological polar surface area (TPSA) is 90.9 Å². The zero-order chi connectivity index (χ0) is 13.9. The predicted molar refractivity (Wildman–Crippen MR) is 72.0 cm³/mol. The van der Waals surface area contributed by atoms with E-state index in [1.54, 1.807) is 4.57 Å². The highest BCUT2D eigenvalue weighted by Gasteiger charge is 2.22. The molecule has 2 N–H and O–H groups in total. The lowest BCUT2D eigenvalue weighted by molar-refractivity contribution is 0.435. The van der Waals surface area contributed by atoms with Crippen molar-refractivity contribution >= 4 is 10.0 Å². The fourth-order valence-electron chi connectivity index (χ4n) is 2.82. The van der Waals surface area contributed by atoms with E-state index >= 15 is 0 Å². The van der Waals surface area contributed by atoms with Crippen LogP contribution in [0.25, 0.3) is 0 Å². The Labute approximate surface area is 114 Å². The Bertz CT molecular complexity index is 516. The van der Waals surface area contributed by atoms with Crippen LogP contribution in [-0.4, -0.2) is 23.2 Å². The Morgan fingerprint density at radius 3 is 2.37 bits per heavy atom. The van der Waals surface area contributed by atoms with E-state index in [1.165, 1.54) is 38.5 Å². The van der Waals surface area contributed by atoms with Gasteiger partial charge in [-0.15, -0.1) is 10.2 Å². The fourth-order valence-corrected chi connectivity index (χ4v) is 3.52. The summed E-state index contributed by atoms with van der Waals surface area (Å²) < 4.78 is 24.5. The maximum absolute atomic E-state index is 11.4. The van der Waals surface area contributed by atoms with Crippen molar-refractivity contribution in [1.82, 2.24) is 14.8 Å². The van der Waals surface area contributed by atoms with Crippen LogP contribution in [0.4, 0.5) is 0 Å². The monoisotopic (exact) mass is 286 g/mol. The van der Waals surface area contributed by atoms with Crippen LogP contribution < -0.4 is 5.14 Å². The summed E-state index contributed by atoms with van der Waals surface area (Å²) in [4.78, 5) is 0. The molecule has 0 unspecified atom stereocenters. The first-order valence-corrected chi connectivity index (χ1v) is 8.52. The Balaban J connectivity index is 2.18. The molecule has 1 heterocycles. The smallest absolute Gasteiger partial charge is 0.273 e. The third-order valence-corrected chi connectivity index (χ3v) is 4.62. The first-order valence-electron chi connectivity index (χ1n) is 6.97. The molecule has 0 aromatic carbocycles. The fraction of sp³-hybridized carbons (Fsp3) is 0.833. The van der Waals surface area contributed by atoms with Crippen LogP contribution >= 0.6 is 0 Å². The Morgan fingerprint density at radius 1 is 1.21 bits per heavy atom. The molecule has 0 bridgehead atoms. The van der Waals surface area contributed by atoms with Crippen LogP contribution in [0.3, 0.4) is 0 Å². The molecule has 108 valence electrons. The molecule has 1 aliphatic carbocycles. The number of rotatable bonds is 4. The van der Waals surface area contributed by atoms with Crippen molar-refractivity contribution in [2.45, 2.75) is 63.6 Å². The second-order valence-corrected chi connectivity index (χ2v) is 6.70. The highest BCUT2D eigenvalue weighted by atomic mass is 32.2. The van der Waals surface area contributed by atoms with Gasteiger partial charge < -0.3 is 4.57 Å². The maximum atomic E-state index is 11.4. The van der Waals surface area contributed by atoms with Crippen molar-refractivity contribution in [1.29, 1.82) is 0 Å². The Morgan fingerprint density at radius 2 is 1.84 bits per heavy atom. The second-order valence-electron chi connectivity index (χ2n) is 5.25.